The van der Waals surface area contributed by atoms with Crippen LogP contribution in [0.5, 0.6) is 0 Å². The van der Waals surface area contributed by atoms with Gasteiger partial charge in [0.1, 0.15) is 0 Å². The Labute approximate surface area is 155 Å². The lowest BCUT2D eigenvalue weighted by atomic mass is 10.1. The summed E-state index contributed by atoms with van der Waals surface area (Å²) < 4.78 is 10.9. The SMILES string of the molecule is CN=C(NCCCOCC1CC1)NCc1cc(C(C)C)no1.I. The number of halogens is 1. The standard InChI is InChI=1S/C16H28N4O2.HI/c1-12(2)15-9-14(22-20-15)10-19-16(17-3)18-7-4-8-21-11-13-5-6-13;/h9,12-13H,4-8,10-11H2,1-3H3,(H2,17,18,19);1H. The van der Waals surface area contributed by atoms with Gasteiger partial charge in [-0.15, -0.1) is 24.0 Å². The van der Waals surface area contributed by atoms with Gasteiger partial charge in [-0.25, -0.2) is 0 Å². The predicted molar refractivity (Wildman–Crippen MR) is 102 cm³/mol. The first-order valence-electron chi connectivity index (χ1n) is 8.16. The predicted octanol–water partition coefficient (Wildman–Crippen LogP) is 2.90. The zero-order valence-electron chi connectivity index (χ0n) is 14.3. The molecule has 1 saturated carbocycles. The molecular weight excluding hydrogens is 407 g/mol. The summed E-state index contributed by atoms with van der Waals surface area (Å²) in [5.41, 5.74) is 0.979. The average molecular weight is 436 g/mol. The Morgan fingerprint density at radius 1 is 1.43 bits per heavy atom. The van der Waals surface area contributed by atoms with Gasteiger partial charge in [0, 0.05) is 32.9 Å². The van der Waals surface area contributed by atoms with Crippen LogP contribution in [0.4, 0.5) is 0 Å². The largest absolute Gasteiger partial charge is 0.381 e. The van der Waals surface area contributed by atoms with E-state index in [0.717, 1.165) is 49.5 Å². The van der Waals surface area contributed by atoms with E-state index in [1.807, 2.05) is 6.07 Å². The molecule has 1 fully saturated rings. The summed E-state index contributed by atoms with van der Waals surface area (Å²) in [6.45, 7) is 7.36. The van der Waals surface area contributed by atoms with Gasteiger partial charge in [0.2, 0.25) is 0 Å². The van der Waals surface area contributed by atoms with Crippen LogP contribution in [0.2, 0.25) is 0 Å². The molecule has 0 unspecified atom stereocenters. The molecule has 0 spiro atoms. The molecule has 132 valence electrons. The van der Waals surface area contributed by atoms with Crippen LogP contribution in [0.15, 0.2) is 15.6 Å². The molecule has 0 aromatic carbocycles. The number of rotatable bonds is 9. The molecule has 1 aliphatic carbocycles. The number of hydrogen-bond donors (Lipinski definition) is 2. The number of aromatic nitrogens is 1. The van der Waals surface area contributed by atoms with Crippen molar-refractivity contribution < 1.29 is 9.26 Å². The van der Waals surface area contributed by atoms with E-state index in [2.05, 4.69) is 34.6 Å². The van der Waals surface area contributed by atoms with Gasteiger partial charge < -0.3 is 19.9 Å². The maximum Gasteiger partial charge on any atom is 0.191 e. The van der Waals surface area contributed by atoms with Crippen molar-refractivity contribution in [3.63, 3.8) is 0 Å². The number of ether oxygens (including phenoxy) is 1. The van der Waals surface area contributed by atoms with Crippen LogP contribution in [0.3, 0.4) is 0 Å². The minimum absolute atomic E-state index is 0. The topological polar surface area (TPSA) is 71.7 Å². The van der Waals surface area contributed by atoms with Crippen LogP contribution in [0, 0.1) is 5.92 Å². The van der Waals surface area contributed by atoms with Gasteiger partial charge in [-0.05, 0) is 31.1 Å². The van der Waals surface area contributed by atoms with Crippen LogP contribution in [0.25, 0.3) is 0 Å². The highest BCUT2D eigenvalue weighted by atomic mass is 127. The number of nitrogens with zero attached hydrogens (tertiary/aromatic N) is 2. The lowest BCUT2D eigenvalue weighted by molar-refractivity contribution is 0.123. The molecular formula is C16H29IN4O2. The molecule has 0 radical (unpaired) electrons. The van der Waals surface area contributed by atoms with Crippen molar-refractivity contribution in [3.05, 3.63) is 17.5 Å². The van der Waals surface area contributed by atoms with Gasteiger partial charge in [-0.3, -0.25) is 4.99 Å². The second-order valence-electron chi connectivity index (χ2n) is 6.10. The van der Waals surface area contributed by atoms with E-state index in [1.54, 1.807) is 7.05 Å². The Hall–Kier alpha value is -0.830. The van der Waals surface area contributed by atoms with E-state index in [1.165, 1.54) is 12.8 Å². The van der Waals surface area contributed by atoms with Crippen molar-refractivity contribution in [3.8, 4) is 0 Å². The Morgan fingerprint density at radius 2 is 2.22 bits per heavy atom. The second kappa shape index (κ2) is 10.9. The average Bonchev–Trinajstić information content (AvgIpc) is 3.20. The fourth-order valence-corrected chi connectivity index (χ4v) is 1.99. The molecule has 7 heteroatoms. The monoisotopic (exact) mass is 436 g/mol. The number of guanidine groups is 1. The van der Waals surface area contributed by atoms with Crippen LogP contribution < -0.4 is 10.6 Å². The third-order valence-electron chi connectivity index (χ3n) is 3.63. The van der Waals surface area contributed by atoms with E-state index in [-0.39, 0.29) is 24.0 Å². The normalized spacial score (nSPS) is 14.7. The highest BCUT2D eigenvalue weighted by molar-refractivity contribution is 14.0. The summed E-state index contributed by atoms with van der Waals surface area (Å²) in [6, 6.07) is 1.98. The van der Waals surface area contributed by atoms with Crippen LogP contribution in [-0.4, -0.2) is 37.9 Å². The molecule has 2 N–H and O–H groups in total. The Bertz CT molecular complexity index is 472. The summed E-state index contributed by atoms with van der Waals surface area (Å²) in [5.74, 6) is 2.80. The number of aliphatic imine (C=N–C) groups is 1. The van der Waals surface area contributed by atoms with E-state index >= 15 is 0 Å². The summed E-state index contributed by atoms with van der Waals surface area (Å²) in [7, 11) is 1.76. The summed E-state index contributed by atoms with van der Waals surface area (Å²) in [6.07, 6.45) is 3.66. The summed E-state index contributed by atoms with van der Waals surface area (Å²) in [4.78, 5) is 4.19. The van der Waals surface area contributed by atoms with E-state index in [0.29, 0.717) is 12.5 Å². The van der Waals surface area contributed by atoms with Crippen molar-refractivity contribution in [2.75, 3.05) is 26.8 Å². The van der Waals surface area contributed by atoms with Crippen molar-refractivity contribution in [2.45, 2.75) is 45.6 Å². The Morgan fingerprint density at radius 3 is 2.83 bits per heavy atom. The zero-order chi connectivity index (χ0) is 15.8. The van der Waals surface area contributed by atoms with Crippen molar-refractivity contribution in [1.82, 2.24) is 15.8 Å². The highest BCUT2D eigenvalue weighted by Crippen LogP contribution is 2.28. The van der Waals surface area contributed by atoms with E-state index < -0.39 is 0 Å². The summed E-state index contributed by atoms with van der Waals surface area (Å²) in [5, 5.41) is 10.5. The first-order valence-corrected chi connectivity index (χ1v) is 8.16. The number of hydrogen-bond acceptors (Lipinski definition) is 4. The van der Waals surface area contributed by atoms with Gasteiger partial charge in [0.15, 0.2) is 11.7 Å². The molecule has 0 bridgehead atoms. The maximum absolute atomic E-state index is 5.60. The second-order valence-corrected chi connectivity index (χ2v) is 6.10. The third-order valence-corrected chi connectivity index (χ3v) is 3.63. The molecule has 0 amide bonds. The molecule has 1 heterocycles. The molecule has 2 rings (SSSR count). The van der Waals surface area contributed by atoms with Crippen LogP contribution in [0.1, 0.15) is 50.5 Å². The molecule has 1 aliphatic rings. The molecule has 23 heavy (non-hydrogen) atoms. The molecule has 0 aliphatic heterocycles. The van der Waals surface area contributed by atoms with Crippen molar-refractivity contribution in [2.24, 2.45) is 10.9 Å². The first kappa shape index (κ1) is 20.2. The van der Waals surface area contributed by atoms with Gasteiger partial charge in [0.05, 0.1) is 12.2 Å². The fourth-order valence-electron chi connectivity index (χ4n) is 1.99. The van der Waals surface area contributed by atoms with E-state index in [9.17, 15) is 0 Å². The lowest BCUT2D eigenvalue weighted by Gasteiger charge is -2.10. The minimum Gasteiger partial charge on any atom is -0.381 e. The minimum atomic E-state index is 0. The van der Waals surface area contributed by atoms with Gasteiger partial charge >= 0.3 is 0 Å². The fraction of sp³-hybridized carbons (Fsp3) is 0.750. The van der Waals surface area contributed by atoms with Crippen LogP contribution in [-0.2, 0) is 11.3 Å². The van der Waals surface area contributed by atoms with Gasteiger partial charge in [0.25, 0.3) is 0 Å². The molecule has 1 aromatic rings. The van der Waals surface area contributed by atoms with Crippen molar-refractivity contribution in [1.29, 1.82) is 0 Å². The lowest BCUT2D eigenvalue weighted by Crippen LogP contribution is -2.37. The van der Waals surface area contributed by atoms with Gasteiger partial charge in [-0.2, -0.15) is 0 Å². The number of nitrogens with one attached hydrogen (secondary N) is 2. The Balaban J connectivity index is 0.00000264. The molecule has 6 nitrogen and oxygen atoms in total. The molecule has 0 saturated heterocycles. The van der Waals surface area contributed by atoms with Crippen LogP contribution >= 0.6 is 24.0 Å². The van der Waals surface area contributed by atoms with Gasteiger partial charge in [-0.1, -0.05) is 19.0 Å². The smallest absolute Gasteiger partial charge is 0.191 e. The quantitative estimate of drug-likeness (QED) is 0.270. The highest BCUT2D eigenvalue weighted by Gasteiger charge is 2.20. The first-order chi connectivity index (χ1) is 10.7. The van der Waals surface area contributed by atoms with E-state index in [4.69, 9.17) is 9.26 Å². The molecule has 0 atom stereocenters. The zero-order valence-corrected chi connectivity index (χ0v) is 16.6. The maximum atomic E-state index is 5.60. The Kier molecular flexibility index (Phi) is 9.54. The molecule has 1 aromatic heterocycles. The summed E-state index contributed by atoms with van der Waals surface area (Å²) >= 11 is 0. The van der Waals surface area contributed by atoms with Crippen molar-refractivity contribution >= 4 is 29.9 Å². The third kappa shape index (κ3) is 8.01.